The molecule has 0 amide bonds. The normalized spacial score (nSPS) is 47.2. The lowest BCUT2D eigenvalue weighted by Crippen LogP contribution is -2.81. The van der Waals surface area contributed by atoms with Gasteiger partial charge in [-0.15, -0.1) is 0 Å². The van der Waals surface area contributed by atoms with E-state index < -0.39 is 17.0 Å². The lowest BCUT2D eigenvalue weighted by molar-refractivity contribution is -0.479. The summed E-state index contributed by atoms with van der Waals surface area (Å²) in [5.41, 5.74) is 3.36. The summed E-state index contributed by atoms with van der Waals surface area (Å²) < 4.78 is 24.6. The Balaban J connectivity index is 1.29. The van der Waals surface area contributed by atoms with Gasteiger partial charge in [0.05, 0.1) is 13.2 Å². The summed E-state index contributed by atoms with van der Waals surface area (Å²) >= 11 is 0. The Morgan fingerprint density at radius 2 is 2.00 bits per heavy atom. The zero-order chi connectivity index (χ0) is 19.9. The van der Waals surface area contributed by atoms with Crippen molar-refractivity contribution in [3.63, 3.8) is 0 Å². The minimum atomic E-state index is -0.862. The van der Waals surface area contributed by atoms with Crippen LogP contribution in [-0.2, 0) is 18.9 Å². The molecule has 5 atom stereocenters. The summed E-state index contributed by atoms with van der Waals surface area (Å²) in [5, 5.41) is 11.7. The van der Waals surface area contributed by atoms with Gasteiger partial charge in [-0.05, 0) is 74.9 Å². The van der Waals surface area contributed by atoms with Crippen LogP contribution in [0.15, 0.2) is 22.8 Å². The van der Waals surface area contributed by atoms with Gasteiger partial charge >= 0.3 is 0 Å². The average Bonchev–Trinajstić information content (AvgIpc) is 3.27. The van der Waals surface area contributed by atoms with Gasteiger partial charge in [0.25, 0.3) is 0 Å². The van der Waals surface area contributed by atoms with E-state index in [1.807, 2.05) is 6.92 Å². The fraction of sp³-hybridized carbons (Fsp3) is 0.833. The number of rotatable bonds is 3. The molecule has 1 N–H and O–H groups in total. The SMILES string of the molecule is CCCOC1(C)OC23CC=C4C5=C(CCC4C2CC[C@]13O)CC1(CC5)OCCO1. The van der Waals surface area contributed by atoms with Gasteiger partial charge in [0.15, 0.2) is 11.6 Å². The van der Waals surface area contributed by atoms with E-state index in [4.69, 9.17) is 18.9 Å². The highest BCUT2D eigenvalue weighted by Gasteiger charge is 2.80. The molecule has 0 aromatic carbocycles. The van der Waals surface area contributed by atoms with Gasteiger partial charge in [0.2, 0.25) is 0 Å². The summed E-state index contributed by atoms with van der Waals surface area (Å²) in [5.74, 6) is -0.289. The molecule has 5 heteroatoms. The molecule has 29 heavy (non-hydrogen) atoms. The van der Waals surface area contributed by atoms with Crippen molar-refractivity contribution in [2.45, 2.75) is 94.4 Å². The fourth-order valence-electron chi connectivity index (χ4n) is 7.61. The first-order chi connectivity index (χ1) is 14.0. The van der Waals surface area contributed by atoms with Gasteiger partial charge < -0.3 is 24.1 Å². The van der Waals surface area contributed by atoms with Crippen molar-refractivity contribution >= 4 is 0 Å². The number of aliphatic hydroxyl groups is 1. The monoisotopic (exact) mass is 402 g/mol. The van der Waals surface area contributed by atoms with E-state index in [2.05, 4.69) is 13.0 Å². The van der Waals surface area contributed by atoms with Crippen LogP contribution in [0.1, 0.15) is 71.6 Å². The van der Waals surface area contributed by atoms with Crippen LogP contribution in [0, 0.1) is 11.8 Å². The quantitative estimate of drug-likeness (QED) is 0.773. The third-order valence-corrected chi connectivity index (χ3v) is 8.92. The van der Waals surface area contributed by atoms with Crippen LogP contribution >= 0.6 is 0 Å². The van der Waals surface area contributed by atoms with Crippen molar-refractivity contribution in [3.8, 4) is 0 Å². The zero-order valence-corrected chi connectivity index (χ0v) is 17.8. The van der Waals surface area contributed by atoms with E-state index in [-0.39, 0.29) is 5.79 Å². The van der Waals surface area contributed by atoms with Crippen LogP contribution in [0.5, 0.6) is 0 Å². The molecule has 0 aromatic heterocycles. The van der Waals surface area contributed by atoms with Crippen molar-refractivity contribution < 1.29 is 24.1 Å². The predicted octanol–water partition coefficient (Wildman–Crippen LogP) is 4.00. The molecule has 4 unspecified atom stereocenters. The minimum absolute atomic E-state index is 0.342. The highest BCUT2D eigenvalue weighted by molar-refractivity contribution is 5.46. The van der Waals surface area contributed by atoms with Gasteiger partial charge in [0, 0.05) is 19.4 Å². The Morgan fingerprint density at radius 1 is 1.17 bits per heavy atom. The van der Waals surface area contributed by atoms with Crippen molar-refractivity contribution in [1.29, 1.82) is 0 Å². The van der Waals surface area contributed by atoms with Gasteiger partial charge in [-0.3, -0.25) is 0 Å². The molecule has 2 spiro atoms. The Morgan fingerprint density at radius 3 is 2.79 bits per heavy atom. The molecule has 2 aliphatic heterocycles. The van der Waals surface area contributed by atoms with Crippen molar-refractivity contribution in [2.75, 3.05) is 19.8 Å². The Labute approximate surface area is 173 Å². The largest absolute Gasteiger partial charge is 0.381 e. The molecule has 0 radical (unpaired) electrons. The second-order valence-electron chi connectivity index (χ2n) is 10.2. The third-order valence-electron chi connectivity index (χ3n) is 8.92. The highest BCUT2D eigenvalue weighted by Crippen LogP contribution is 2.69. The van der Waals surface area contributed by atoms with E-state index in [0.29, 0.717) is 18.4 Å². The number of ether oxygens (including phenoxy) is 4. The van der Waals surface area contributed by atoms with E-state index in [9.17, 15) is 5.11 Å². The van der Waals surface area contributed by atoms with Gasteiger partial charge in [-0.1, -0.05) is 18.6 Å². The van der Waals surface area contributed by atoms with Crippen molar-refractivity contribution in [2.24, 2.45) is 11.8 Å². The second-order valence-corrected chi connectivity index (χ2v) is 10.2. The van der Waals surface area contributed by atoms with Gasteiger partial charge in [0.1, 0.15) is 11.2 Å². The lowest BCUT2D eigenvalue weighted by Gasteiger charge is -2.66. The van der Waals surface area contributed by atoms with Crippen LogP contribution in [-0.4, -0.2) is 47.7 Å². The molecule has 160 valence electrons. The third kappa shape index (κ3) is 2.29. The molecule has 5 nitrogen and oxygen atoms in total. The number of fused-ring (bicyclic) bond motifs is 3. The maximum atomic E-state index is 11.7. The average molecular weight is 403 g/mol. The molecule has 0 bridgehead atoms. The zero-order valence-electron chi connectivity index (χ0n) is 17.8. The second kappa shape index (κ2) is 6.17. The Hall–Kier alpha value is -0.720. The first-order valence-electron chi connectivity index (χ1n) is 11.7. The smallest absolute Gasteiger partial charge is 0.198 e. The van der Waals surface area contributed by atoms with Gasteiger partial charge in [-0.2, -0.15) is 0 Å². The lowest BCUT2D eigenvalue weighted by atomic mass is 9.57. The van der Waals surface area contributed by atoms with Crippen LogP contribution in [0.25, 0.3) is 0 Å². The Bertz CT molecular complexity index is 780. The summed E-state index contributed by atoms with van der Waals surface area (Å²) in [6, 6.07) is 0. The maximum Gasteiger partial charge on any atom is 0.198 e. The first-order valence-corrected chi connectivity index (χ1v) is 11.7. The number of allylic oxidation sites excluding steroid dienone is 2. The molecule has 4 aliphatic carbocycles. The van der Waals surface area contributed by atoms with Crippen molar-refractivity contribution in [1.82, 2.24) is 0 Å². The molecular weight excluding hydrogens is 368 g/mol. The number of hydrogen-bond acceptors (Lipinski definition) is 5. The summed E-state index contributed by atoms with van der Waals surface area (Å²) in [7, 11) is 0. The number of hydrogen-bond donors (Lipinski definition) is 1. The molecule has 6 aliphatic rings. The fourth-order valence-corrected chi connectivity index (χ4v) is 7.61. The minimum Gasteiger partial charge on any atom is -0.381 e. The van der Waals surface area contributed by atoms with E-state index >= 15 is 0 Å². The van der Waals surface area contributed by atoms with Gasteiger partial charge in [-0.25, -0.2) is 0 Å². The summed E-state index contributed by atoms with van der Waals surface area (Å²) in [6.07, 6.45) is 11.2. The standard InChI is InChI=1S/C24H34O5/c1-3-12-26-21(2)24(25)11-8-20-19-5-4-16-15-22(27-13-14-28-22)9-6-17(16)18(19)7-10-23(20,24)29-21/h7,19-20,25H,3-6,8-15H2,1-2H3/t19?,20?,21?,23?,24-/m0/s1. The maximum absolute atomic E-state index is 11.7. The van der Waals surface area contributed by atoms with E-state index in [1.165, 1.54) is 0 Å². The van der Waals surface area contributed by atoms with Crippen LogP contribution in [0.3, 0.4) is 0 Å². The molecule has 6 rings (SSSR count). The first kappa shape index (κ1) is 19.0. The molecule has 2 saturated heterocycles. The van der Waals surface area contributed by atoms with E-state index in [0.717, 1.165) is 71.0 Å². The summed E-state index contributed by atoms with van der Waals surface area (Å²) in [4.78, 5) is 0. The highest BCUT2D eigenvalue weighted by atomic mass is 16.8. The molecule has 1 saturated carbocycles. The molecule has 3 fully saturated rings. The predicted molar refractivity (Wildman–Crippen MR) is 107 cm³/mol. The Kier molecular flexibility index (Phi) is 4.04. The van der Waals surface area contributed by atoms with Crippen LogP contribution in [0.2, 0.25) is 0 Å². The van der Waals surface area contributed by atoms with Crippen LogP contribution in [0.4, 0.5) is 0 Å². The topological polar surface area (TPSA) is 57.2 Å². The van der Waals surface area contributed by atoms with Crippen molar-refractivity contribution in [3.05, 3.63) is 22.8 Å². The summed E-state index contributed by atoms with van der Waals surface area (Å²) in [6.45, 7) is 6.13. The molecule has 2 heterocycles. The van der Waals surface area contributed by atoms with Crippen LogP contribution < -0.4 is 0 Å². The molecule has 0 aromatic rings. The van der Waals surface area contributed by atoms with E-state index in [1.54, 1.807) is 16.7 Å². The molecular formula is C24H34O5.